The maximum atomic E-state index is 12.3. The van der Waals surface area contributed by atoms with E-state index in [2.05, 4.69) is 20.5 Å². The highest BCUT2D eigenvalue weighted by Gasteiger charge is 2.17. The molecule has 154 valence electrons. The van der Waals surface area contributed by atoms with Crippen LogP contribution in [0.5, 0.6) is 0 Å². The van der Waals surface area contributed by atoms with Crippen molar-refractivity contribution >= 4 is 23.6 Å². The molecule has 0 unspecified atom stereocenters. The van der Waals surface area contributed by atoms with Gasteiger partial charge in [0.05, 0.1) is 12.3 Å². The van der Waals surface area contributed by atoms with Gasteiger partial charge >= 0.3 is 0 Å². The van der Waals surface area contributed by atoms with Crippen LogP contribution in [-0.2, 0) is 11.3 Å². The van der Waals surface area contributed by atoms with Crippen molar-refractivity contribution in [2.75, 3.05) is 5.75 Å². The molecule has 0 spiro atoms. The number of hydrogen-bond donors (Lipinski definition) is 1. The average molecular weight is 430 g/mol. The second-order valence-electron chi connectivity index (χ2n) is 6.65. The summed E-state index contributed by atoms with van der Waals surface area (Å²) < 4.78 is 1.96. The molecule has 4 rings (SSSR count). The number of aromatic nitrogens is 4. The van der Waals surface area contributed by atoms with Crippen LogP contribution in [0.4, 0.5) is 0 Å². The molecular formula is C23H19N5O2S. The first kappa shape index (κ1) is 20.5. The van der Waals surface area contributed by atoms with Crippen molar-refractivity contribution in [2.24, 2.45) is 0 Å². The van der Waals surface area contributed by atoms with Gasteiger partial charge in [0, 0.05) is 23.5 Å². The number of nitrogens with zero attached hydrogens (tertiary/aromatic N) is 4. The van der Waals surface area contributed by atoms with E-state index in [9.17, 15) is 9.59 Å². The minimum absolute atomic E-state index is 0.0435. The summed E-state index contributed by atoms with van der Waals surface area (Å²) in [4.78, 5) is 28.6. The van der Waals surface area contributed by atoms with Crippen LogP contribution in [0.25, 0.3) is 11.4 Å². The average Bonchev–Trinajstić information content (AvgIpc) is 3.22. The Hall–Kier alpha value is -3.78. The summed E-state index contributed by atoms with van der Waals surface area (Å²) in [6.45, 7) is 0.554. The highest BCUT2D eigenvalue weighted by Crippen LogP contribution is 2.24. The summed E-state index contributed by atoms with van der Waals surface area (Å²) in [6, 6.07) is 22.3. The topological polar surface area (TPSA) is 89.8 Å². The molecule has 2 amide bonds. The number of amides is 2. The quantitative estimate of drug-likeness (QED) is 0.453. The number of benzene rings is 2. The van der Waals surface area contributed by atoms with E-state index in [-0.39, 0.29) is 5.75 Å². The maximum Gasteiger partial charge on any atom is 0.257 e. The van der Waals surface area contributed by atoms with E-state index in [0.717, 1.165) is 11.1 Å². The Kier molecular flexibility index (Phi) is 6.49. The van der Waals surface area contributed by atoms with Crippen molar-refractivity contribution in [3.63, 3.8) is 0 Å². The van der Waals surface area contributed by atoms with Crippen molar-refractivity contribution < 1.29 is 9.59 Å². The zero-order valence-corrected chi connectivity index (χ0v) is 17.3. The van der Waals surface area contributed by atoms with E-state index in [4.69, 9.17) is 0 Å². The Labute approximate surface area is 183 Å². The predicted molar refractivity (Wildman–Crippen MR) is 118 cm³/mol. The molecular weight excluding hydrogens is 410 g/mol. The monoisotopic (exact) mass is 429 g/mol. The fraction of sp³-hybridized carbons (Fsp3) is 0.0870. The molecule has 0 saturated heterocycles. The van der Waals surface area contributed by atoms with Gasteiger partial charge in [-0.15, -0.1) is 10.2 Å². The molecule has 0 fully saturated rings. The molecule has 0 atom stereocenters. The van der Waals surface area contributed by atoms with Crippen molar-refractivity contribution in [2.45, 2.75) is 11.7 Å². The molecule has 0 aliphatic heterocycles. The van der Waals surface area contributed by atoms with Crippen molar-refractivity contribution in [1.82, 2.24) is 25.1 Å². The minimum atomic E-state index is -0.422. The van der Waals surface area contributed by atoms with E-state index >= 15 is 0 Å². The van der Waals surface area contributed by atoms with Crippen LogP contribution in [-0.4, -0.2) is 37.3 Å². The Morgan fingerprint density at radius 1 is 0.871 bits per heavy atom. The van der Waals surface area contributed by atoms with Crippen molar-refractivity contribution in [3.8, 4) is 11.4 Å². The lowest BCUT2D eigenvalue weighted by atomic mass is 10.2. The number of rotatable bonds is 7. The molecule has 0 radical (unpaired) electrons. The number of carbonyl (C=O) groups excluding carboxylic acids is 2. The Bertz CT molecular complexity index is 1160. The molecule has 0 bridgehead atoms. The number of hydrogen-bond acceptors (Lipinski definition) is 6. The molecule has 0 aliphatic carbocycles. The van der Waals surface area contributed by atoms with Gasteiger partial charge in [-0.2, -0.15) is 0 Å². The third kappa shape index (κ3) is 5.23. The molecule has 0 aliphatic rings. The first-order valence-corrected chi connectivity index (χ1v) is 10.6. The van der Waals surface area contributed by atoms with Crippen LogP contribution in [0.2, 0.25) is 0 Å². The van der Waals surface area contributed by atoms with Crippen LogP contribution < -0.4 is 5.32 Å². The molecule has 2 aromatic heterocycles. The van der Waals surface area contributed by atoms with Crippen LogP contribution >= 0.6 is 11.8 Å². The molecule has 7 nitrogen and oxygen atoms in total. The number of pyridine rings is 1. The Morgan fingerprint density at radius 2 is 1.55 bits per heavy atom. The first-order valence-electron chi connectivity index (χ1n) is 9.60. The molecule has 31 heavy (non-hydrogen) atoms. The van der Waals surface area contributed by atoms with Crippen LogP contribution in [0.1, 0.15) is 15.9 Å². The van der Waals surface area contributed by atoms with Gasteiger partial charge in [0.1, 0.15) is 0 Å². The van der Waals surface area contributed by atoms with Gasteiger partial charge in [0.25, 0.3) is 5.91 Å². The second kappa shape index (κ2) is 9.82. The normalized spacial score (nSPS) is 10.6. The largest absolute Gasteiger partial charge is 0.298 e. The summed E-state index contributed by atoms with van der Waals surface area (Å²) in [6.07, 6.45) is 3.40. The Balaban J connectivity index is 1.50. The smallest absolute Gasteiger partial charge is 0.257 e. The highest BCUT2D eigenvalue weighted by molar-refractivity contribution is 7.99. The number of nitrogens with one attached hydrogen (secondary N) is 1. The molecule has 4 aromatic rings. The lowest BCUT2D eigenvalue weighted by molar-refractivity contribution is -0.117. The van der Waals surface area contributed by atoms with Crippen molar-refractivity contribution in [3.05, 3.63) is 96.3 Å². The molecule has 1 N–H and O–H groups in total. The summed E-state index contributed by atoms with van der Waals surface area (Å²) in [5.41, 5.74) is 2.41. The van der Waals surface area contributed by atoms with E-state index in [0.29, 0.717) is 23.1 Å². The standard InChI is InChI=1S/C23H19N5O2S/c29-20(25-22(30)19-9-5-2-6-10-19)16-31-23-27-26-21(18-11-13-24-14-12-18)28(23)15-17-7-3-1-4-8-17/h1-14H,15-16H2,(H,25,29,30). The zero-order chi connectivity index (χ0) is 21.5. The summed E-state index contributed by atoms with van der Waals surface area (Å²) in [5.74, 6) is -0.0792. The van der Waals surface area contributed by atoms with Gasteiger partial charge in [0.15, 0.2) is 11.0 Å². The van der Waals surface area contributed by atoms with Crippen LogP contribution in [0.3, 0.4) is 0 Å². The minimum Gasteiger partial charge on any atom is -0.298 e. The maximum absolute atomic E-state index is 12.3. The number of thioether (sulfide) groups is 1. The van der Waals surface area contributed by atoms with E-state index in [1.54, 1.807) is 36.7 Å². The van der Waals surface area contributed by atoms with E-state index < -0.39 is 11.8 Å². The fourth-order valence-corrected chi connectivity index (χ4v) is 3.71. The van der Waals surface area contributed by atoms with Crippen LogP contribution in [0.15, 0.2) is 90.3 Å². The SMILES string of the molecule is O=C(CSc1nnc(-c2ccncc2)n1Cc1ccccc1)NC(=O)c1ccccc1. The Morgan fingerprint density at radius 3 is 2.26 bits per heavy atom. The van der Waals surface area contributed by atoms with Gasteiger partial charge in [-0.1, -0.05) is 60.3 Å². The van der Waals surface area contributed by atoms with Gasteiger partial charge in [-0.05, 0) is 29.8 Å². The summed E-state index contributed by atoms with van der Waals surface area (Å²) in [5, 5.41) is 11.6. The molecule has 8 heteroatoms. The fourth-order valence-electron chi connectivity index (χ4n) is 2.97. The molecule has 0 saturated carbocycles. The van der Waals surface area contributed by atoms with Gasteiger partial charge in [-0.25, -0.2) is 0 Å². The van der Waals surface area contributed by atoms with E-state index in [1.165, 1.54) is 11.8 Å². The second-order valence-corrected chi connectivity index (χ2v) is 7.59. The number of carbonyl (C=O) groups is 2. The van der Waals surface area contributed by atoms with Gasteiger partial charge in [0.2, 0.25) is 5.91 Å². The molecule has 2 aromatic carbocycles. The van der Waals surface area contributed by atoms with Crippen LogP contribution in [0, 0.1) is 0 Å². The van der Waals surface area contributed by atoms with Gasteiger partial charge < -0.3 is 0 Å². The third-order valence-electron chi connectivity index (χ3n) is 4.46. The van der Waals surface area contributed by atoms with Gasteiger partial charge in [-0.3, -0.25) is 24.5 Å². The lowest BCUT2D eigenvalue weighted by Gasteiger charge is -2.10. The lowest BCUT2D eigenvalue weighted by Crippen LogP contribution is -2.31. The number of imide groups is 1. The van der Waals surface area contributed by atoms with E-state index in [1.807, 2.05) is 53.1 Å². The zero-order valence-electron chi connectivity index (χ0n) is 16.5. The van der Waals surface area contributed by atoms with Crippen molar-refractivity contribution in [1.29, 1.82) is 0 Å². The predicted octanol–water partition coefficient (Wildman–Crippen LogP) is 3.44. The first-order chi connectivity index (χ1) is 15.2. The summed E-state index contributed by atoms with van der Waals surface area (Å²) >= 11 is 1.24. The third-order valence-corrected chi connectivity index (χ3v) is 5.43. The summed E-state index contributed by atoms with van der Waals surface area (Å²) in [7, 11) is 0. The highest BCUT2D eigenvalue weighted by atomic mass is 32.2. The molecule has 2 heterocycles.